The van der Waals surface area contributed by atoms with E-state index in [2.05, 4.69) is 15.7 Å². The molecule has 3 rings (SSSR count). The zero-order chi connectivity index (χ0) is 21.0. The number of benzene rings is 1. The smallest absolute Gasteiger partial charge is 0.237 e. The summed E-state index contributed by atoms with van der Waals surface area (Å²) in [6.45, 7) is 8.58. The van der Waals surface area contributed by atoms with Crippen molar-refractivity contribution in [3.05, 3.63) is 52.6 Å². The number of aryl methyl sites for hydroxylation is 1. The fourth-order valence-corrected chi connectivity index (χ4v) is 3.60. The minimum absolute atomic E-state index is 0.0668. The van der Waals surface area contributed by atoms with Crippen molar-refractivity contribution >= 4 is 11.8 Å². The molecule has 2 amide bonds. The molecule has 2 heterocycles. The van der Waals surface area contributed by atoms with Gasteiger partial charge in [0.1, 0.15) is 5.82 Å². The van der Waals surface area contributed by atoms with Crippen LogP contribution in [0.4, 0.5) is 4.39 Å². The monoisotopic (exact) mass is 401 g/mol. The predicted molar refractivity (Wildman–Crippen MR) is 108 cm³/mol. The van der Waals surface area contributed by atoms with E-state index in [9.17, 15) is 14.0 Å². The first kappa shape index (κ1) is 21.0. The summed E-state index contributed by atoms with van der Waals surface area (Å²) in [7, 11) is 0. The van der Waals surface area contributed by atoms with Gasteiger partial charge < -0.3 is 10.6 Å². The van der Waals surface area contributed by atoms with Crippen molar-refractivity contribution in [2.45, 2.75) is 46.3 Å². The number of halogens is 1. The zero-order valence-corrected chi connectivity index (χ0v) is 17.2. The molecule has 1 fully saturated rings. The van der Waals surface area contributed by atoms with Gasteiger partial charge in [-0.1, -0.05) is 12.1 Å². The molecule has 156 valence electrons. The van der Waals surface area contributed by atoms with Crippen molar-refractivity contribution in [2.75, 3.05) is 19.6 Å². The lowest BCUT2D eigenvalue weighted by Crippen LogP contribution is -2.56. The second-order valence-electron chi connectivity index (χ2n) is 7.48. The average molecular weight is 401 g/mol. The molecule has 1 saturated heterocycles. The highest BCUT2D eigenvalue weighted by Gasteiger charge is 2.31. The Morgan fingerprint density at radius 1 is 1.34 bits per heavy atom. The van der Waals surface area contributed by atoms with E-state index < -0.39 is 6.04 Å². The number of hydrogen-bond donors (Lipinski definition) is 2. The van der Waals surface area contributed by atoms with E-state index >= 15 is 0 Å². The van der Waals surface area contributed by atoms with Crippen molar-refractivity contribution in [1.82, 2.24) is 25.3 Å². The van der Waals surface area contributed by atoms with Gasteiger partial charge in [0, 0.05) is 31.9 Å². The highest BCUT2D eigenvalue weighted by Crippen LogP contribution is 2.15. The predicted octanol–water partition coefficient (Wildman–Crippen LogP) is 1.45. The van der Waals surface area contributed by atoms with E-state index in [0.29, 0.717) is 32.7 Å². The van der Waals surface area contributed by atoms with Crippen LogP contribution in [0.2, 0.25) is 0 Å². The molecule has 1 aliphatic rings. The molecule has 1 aliphatic heterocycles. The molecule has 0 bridgehead atoms. The van der Waals surface area contributed by atoms with Crippen LogP contribution in [0.1, 0.15) is 28.9 Å². The van der Waals surface area contributed by atoms with Crippen LogP contribution in [0, 0.1) is 26.6 Å². The quantitative estimate of drug-likeness (QED) is 0.736. The molecular formula is C21H28FN5O2. The molecule has 7 nitrogen and oxygen atoms in total. The van der Waals surface area contributed by atoms with Gasteiger partial charge >= 0.3 is 0 Å². The summed E-state index contributed by atoms with van der Waals surface area (Å²) in [6.07, 6.45) is 0.0668. The molecule has 1 atom stereocenters. The minimum Gasteiger partial charge on any atom is -0.354 e. The van der Waals surface area contributed by atoms with Crippen molar-refractivity contribution in [3.63, 3.8) is 0 Å². The third-order valence-electron chi connectivity index (χ3n) is 5.48. The number of amides is 2. The summed E-state index contributed by atoms with van der Waals surface area (Å²) in [5.74, 6) is -0.663. The maximum atomic E-state index is 13.5. The van der Waals surface area contributed by atoms with E-state index in [-0.39, 0.29) is 24.1 Å². The van der Waals surface area contributed by atoms with Crippen molar-refractivity contribution in [1.29, 1.82) is 0 Å². The molecule has 1 aromatic carbocycles. The third-order valence-corrected chi connectivity index (χ3v) is 5.48. The summed E-state index contributed by atoms with van der Waals surface area (Å²) in [5.41, 5.74) is 4.01. The van der Waals surface area contributed by atoms with E-state index in [4.69, 9.17) is 0 Å². The highest BCUT2D eigenvalue weighted by molar-refractivity contribution is 5.88. The lowest BCUT2D eigenvalue weighted by Gasteiger charge is -2.34. The lowest BCUT2D eigenvalue weighted by atomic mass is 10.1. The molecule has 0 aliphatic carbocycles. The maximum absolute atomic E-state index is 13.5. The molecule has 0 unspecified atom stereocenters. The Morgan fingerprint density at radius 3 is 2.83 bits per heavy atom. The Balaban J connectivity index is 1.56. The summed E-state index contributed by atoms with van der Waals surface area (Å²) in [6, 6.07) is 5.75. The zero-order valence-electron chi connectivity index (χ0n) is 17.2. The summed E-state index contributed by atoms with van der Waals surface area (Å²) in [5, 5.41) is 10.2. The van der Waals surface area contributed by atoms with Gasteiger partial charge in [-0.25, -0.2) is 4.39 Å². The van der Waals surface area contributed by atoms with Gasteiger partial charge in [-0.3, -0.25) is 19.2 Å². The number of nitrogens with one attached hydrogen (secondary N) is 2. The fourth-order valence-electron chi connectivity index (χ4n) is 3.60. The largest absolute Gasteiger partial charge is 0.354 e. The maximum Gasteiger partial charge on any atom is 0.237 e. The molecule has 29 heavy (non-hydrogen) atoms. The van der Waals surface area contributed by atoms with Crippen LogP contribution in [-0.4, -0.2) is 52.2 Å². The van der Waals surface area contributed by atoms with Crippen LogP contribution in [-0.2, 0) is 22.7 Å². The second-order valence-corrected chi connectivity index (χ2v) is 7.48. The van der Waals surface area contributed by atoms with Crippen LogP contribution >= 0.6 is 0 Å². The number of rotatable bonds is 7. The van der Waals surface area contributed by atoms with Crippen LogP contribution < -0.4 is 10.6 Å². The SMILES string of the molecule is Cc1nn(CCNC(=O)C[C@@H]2C(=O)NCCN2Cc2cccc(F)c2)c(C)c1C. The molecule has 1 aromatic heterocycles. The van der Waals surface area contributed by atoms with Crippen LogP contribution in [0.15, 0.2) is 24.3 Å². The molecule has 2 aromatic rings. The van der Waals surface area contributed by atoms with Gasteiger partial charge in [-0.15, -0.1) is 0 Å². The Hall–Kier alpha value is -2.74. The van der Waals surface area contributed by atoms with Crippen LogP contribution in [0.5, 0.6) is 0 Å². The van der Waals surface area contributed by atoms with Crippen LogP contribution in [0.25, 0.3) is 0 Å². The second kappa shape index (κ2) is 9.17. The Kier molecular flexibility index (Phi) is 6.64. The van der Waals surface area contributed by atoms with Crippen molar-refractivity contribution in [2.24, 2.45) is 0 Å². The number of aromatic nitrogens is 2. The standard InChI is InChI=1S/C21H28FN5O2/c1-14-15(2)25-27(16(14)3)10-8-23-20(28)12-19-21(29)24-7-9-26(19)13-17-5-4-6-18(22)11-17/h4-6,11,19H,7-10,12-13H2,1-3H3,(H,23,28)(H,24,29)/t19-/m1/s1. The normalized spacial score (nSPS) is 17.2. The van der Waals surface area contributed by atoms with Gasteiger partial charge in [-0.05, 0) is 44.0 Å². The molecule has 2 N–H and O–H groups in total. The molecule has 0 spiro atoms. The summed E-state index contributed by atoms with van der Waals surface area (Å²) < 4.78 is 15.4. The minimum atomic E-state index is -0.567. The molecule has 0 radical (unpaired) electrons. The first-order valence-electron chi connectivity index (χ1n) is 9.88. The molecule has 8 heteroatoms. The molecule has 0 saturated carbocycles. The first-order chi connectivity index (χ1) is 13.8. The topological polar surface area (TPSA) is 79.3 Å². The van der Waals surface area contributed by atoms with E-state index in [1.165, 1.54) is 12.1 Å². The number of carbonyl (C=O) groups is 2. The van der Waals surface area contributed by atoms with Gasteiger partial charge in [-0.2, -0.15) is 5.10 Å². The van der Waals surface area contributed by atoms with Crippen molar-refractivity contribution < 1.29 is 14.0 Å². The Morgan fingerprint density at radius 2 is 2.14 bits per heavy atom. The van der Waals surface area contributed by atoms with Crippen LogP contribution in [0.3, 0.4) is 0 Å². The first-order valence-corrected chi connectivity index (χ1v) is 9.88. The average Bonchev–Trinajstić information content (AvgIpc) is 2.91. The Bertz CT molecular complexity index is 895. The van der Waals surface area contributed by atoms with Gasteiger partial charge in [0.2, 0.25) is 11.8 Å². The number of piperazine rings is 1. The van der Waals surface area contributed by atoms with Gasteiger partial charge in [0.25, 0.3) is 0 Å². The number of hydrogen-bond acceptors (Lipinski definition) is 4. The number of nitrogens with zero attached hydrogens (tertiary/aromatic N) is 3. The fraction of sp³-hybridized carbons (Fsp3) is 0.476. The van der Waals surface area contributed by atoms with Crippen molar-refractivity contribution in [3.8, 4) is 0 Å². The lowest BCUT2D eigenvalue weighted by molar-refractivity contribution is -0.134. The highest BCUT2D eigenvalue weighted by atomic mass is 19.1. The third kappa shape index (κ3) is 5.20. The number of carbonyl (C=O) groups excluding carboxylic acids is 2. The summed E-state index contributed by atoms with van der Waals surface area (Å²) in [4.78, 5) is 26.7. The van der Waals surface area contributed by atoms with E-state index in [0.717, 1.165) is 22.5 Å². The Labute approximate surface area is 170 Å². The van der Waals surface area contributed by atoms with E-state index in [1.54, 1.807) is 6.07 Å². The van der Waals surface area contributed by atoms with E-state index in [1.807, 2.05) is 36.4 Å². The van der Waals surface area contributed by atoms with Gasteiger partial charge in [0.05, 0.1) is 24.7 Å². The van der Waals surface area contributed by atoms with Gasteiger partial charge in [0.15, 0.2) is 0 Å². The molecular weight excluding hydrogens is 373 g/mol. The summed E-state index contributed by atoms with van der Waals surface area (Å²) >= 11 is 0.